The minimum absolute atomic E-state index is 0.0682. The SMILES string of the molecule is CC/C=C\C/C=C\C/C=C\C/C=C\C/C=C\C/C=C\C/C=C\C/C=C\C/C=C\CCCCCCCCCCCC(=O)NC(COP(=O)(O)OCC[N+](C)(C)C)C(O)CCCCCCCCCCC. The van der Waals surface area contributed by atoms with E-state index >= 15 is 0 Å². The summed E-state index contributed by atoms with van der Waals surface area (Å²) in [5, 5.41) is 13.9. The number of aliphatic hydroxyl groups excluding tert-OH is 1. The van der Waals surface area contributed by atoms with E-state index < -0.39 is 20.0 Å². The molecule has 0 aromatic carbocycles. The van der Waals surface area contributed by atoms with Gasteiger partial charge in [0.1, 0.15) is 13.2 Å². The number of phosphoric ester groups is 1. The van der Waals surface area contributed by atoms with E-state index in [1.54, 1.807) is 0 Å². The van der Waals surface area contributed by atoms with Gasteiger partial charge >= 0.3 is 7.82 Å². The van der Waals surface area contributed by atoms with Crippen molar-refractivity contribution < 1.29 is 32.9 Å². The van der Waals surface area contributed by atoms with Crippen LogP contribution in [0.3, 0.4) is 0 Å². The average molecular weight is 968 g/mol. The summed E-state index contributed by atoms with van der Waals surface area (Å²) in [6.45, 7) is 4.72. The number of aliphatic hydroxyl groups is 1. The molecule has 0 aromatic heterocycles. The molecule has 3 atom stereocenters. The van der Waals surface area contributed by atoms with Crippen LogP contribution >= 0.6 is 7.82 Å². The molecule has 0 aliphatic rings. The number of likely N-dealkylation sites (N-methyl/N-ethyl adjacent to an activating group) is 1. The van der Waals surface area contributed by atoms with Gasteiger partial charge in [-0.3, -0.25) is 13.8 Å². The van der Waals surface area contributed by atoms with Gasteiger partial charge in [0.05, 0.1) is 39.9 Å². The van der Waals surface area contributed by atoms with Gasteiger partial charge in [0.15, 0.2) is 0 Å². The number of allylic oxidation sites excluding steroid dienone is 18. The molecule has 3 unspecified atom stereocenters. The van der Waals surface area contributed by atoms with Crippen molar-refractivity contribution >= 4 is 13.7 Å². The van der Waals surface area contributed by atoms with Crippen molar-refractivity contribution in [2.75, 3.05) is 40.9 Å². The normalized spacial score (nSPS) is 14.9. The highest BCUT2D eigenvalue weighted by atomic mass is 31.2. The fourth-order valence-electron chi connectivity index (χ4n) is 7.27. The number of amides is 1. The van der Waals surface area contributed by atoms with Crippen molar-refractivity contribution in [2.45, 2.75) is 219 Å². The molecule has 8 nitrogen and oxygen atoms in total. The van der Waals surface area contributed by atoms with Crippen molar-refractivity contribution in [1.29, 1.82) is 0 Å². The summed E-state index contributed by atoms with van der Waals surface area (Å²) in [5.74, 6) is -0.158. The molecule has 0 saturated heterocycles. The number of rotatable bonds is 48. The fraction of sp³-hybridized carbons (Fsp3) is 0.678. The van der Waals surface area contributed by atoms with Crippen LogP contribution in [0.1, 0.15) is 206 Å². The number of carbonyl (C=O) groups excluding carboxylic acids is 1. The van der Waals surface area contributed by atoms with Crippen LogP contribution in [-0.4, -0.2) is 73.4 Å². The maximum Gasteiger partial charge on any atom is 0.472 e. The molecule has 0 fully saturated rings. The second-order valence-electron chi connectivity index (χ2n) is 19.2. The minimum atomic E-state index is -4.32. The Morgan fingerprint density at radius 3 is 1.29 bits per heavy atom. The highest BCUT2D eigenvalue weighted by Gasteiger charge is 2.28. The van der Waals surface area contributed by atoms with Crippen LogP contribution in [-0.2, 0) is 18.4 Å². The van der Waals surface area contributed by atoms with E-state index in [1.807, 2.05) is 21.1 Å². The molecule has 0 bridgehead atoms. The zero-order chi connectivity index (χ0) is 49.9. The zero-order valence-electron chi connectivity index (χ0n) is 44.3. The van der Waals surface area contributed by atoms with Gasteiger partial charge < -0.3 is 19.8 Å². The lowest BCUT2D eigenvalue weighted by Gasteiger charge is -2.26. The fourth-order valence-corrected chi connectivity index (χ4v) is 8.01. The van der Waals surface area contributed by atoms with Crippen LogP contribution in [0, 0.1) is 0 Å². The van der Waals surface area contributed by atoms with Crippen molar-refractivity contribution in [2.24, 2.45) is 0 Å². The summed E-state index contributed by atoms with van der Waals surface area (Å²) in [7, 11) is 1.59. The number of phosphoric acid groups is 1. The average Bonchev–Trinajstić information content (AvgIpc) is 3.30. The summed E-state index contributed by atoms with van der Waals surface area (Å²) in [6.07, 6.45) is 71.5. The van der Waals surface area contributed by atoms with Crippen LogP contribution in [0.15, 0.2) is 109 Å². The molecule has 0 heterocycles. The van der Waals surface area contributed by atoms with Gasteiger partial charge in [0.2, 0.25) is 5.91 Å². The smallest absolute Gasteiger partial charge is 0.391 e. The highest BCUT2D eigenvalue weighted by molar-refractivity contribution is 7.47. The molecular weight excluding hydrogens is 864 g/mol. The Bertz CT molecular complexity index is 1470. The van der Waals surface area contributed by atoms with Crippen LogP contribution in [0.4, 0.5) is 0 Å². The Balaban J connectivity index is 4.05. The van der Waals surface area contributed by atoms with Gasteiger partial charge in [-0.25, -0.2) is 4.57 Å². The lowest BCUT2D eigenvalue weighted by Crippen LogP contribution is -2.46. The van der Waals surface area contributed by atoms with E-state index in [0.29, 0.717) is 23.9 Å². The Hall–Kier alpha value is -2.84. The Morgan fingerprint density at radius 2 is 0.882 bits per heavy atom. The summed E-state index contributed by atoms with van der Waals surface area (Å²) >= 11 is 0. The molecular formula is C59H104N2O6P+. The van der Waals surface area contributed by atoms with Gasteiger partial charge in [-0.15, -0.1) is 0 Å². The van der Waals surface area contributed by atoms with E-state index in [1.165, 1.54) is 77.0 Å². The molecule has 1 amide bonds. The first kappa shape index (κ1) is 65.2. The minimum Gasteiger partial charge on any atom is -0.391 e. The lowest BCUT2D eigenvalue weighted by atomic mass is 10.0. The van der Waals surface area contributed by atoms with E-state index in [0.717, 1.165) is 103 Å². The van der Waals surface area contributed by atoms with Crippen molar-refractivity contribution in [1.82, 2.24) is 5.32 Å². The molecule has 0 saturated carbocycles. The molecule has 0 radical (unpaired) electrons. The summed E-state index contributed by atoms with van der Waals surface area (Å²) in [5.41, 5.74) is 0. The van der Waals surface area contributed by atoms with Crippen LogP contribution in [0.2, 0.25) is 0 Å². The molecule has 68 heavy (non-hydrogen) atoms. The van der Waals surface area contributed by atoms with Crippen molar-refractivity contribution in [3.63, 3.8) is 0 Å². The Morgan fingerprint density at radius 1 is 0.515 bits per heavy atom. The standard InChI is InChI=1S/C59H103N2O6P/c1-6-8-10-12-14-16-17-18-19-20-21-22-23-24-25-26-27-28-29-30-31-32-33-34-35-36-37-38-39-40-41-42-43-45-47-49-51-53-59(63)60-57(56-67-68(64,65)66-55-54-61(3,4)5)58(62)52-50-48-46-44-15-13-11-9-7-2/h8,10,14,16,18-19,21-22,24-25,27-28,30-31,33-34,36-37,57-58,62H,6-7,9,11-13,15,17,20,23,26,29,32,35,38-56H2,1-5H3,(H-,60,63,64,65)/p+1/b10-8-,16-14-,19-18-,22-21-,25-24-,28-27-,31-30-,34-33-,37-36-. The monoisotopic (exact) mass is 968 g/mol. The van der Waals surface area contributed by atoms with E-state index in [-0.39, 0.29) is 19.1 Å². The first-order valence-corrected chi connectivity index (χ1v) is 28.7. The van der Waals surface area contributed by atoms with E-state index in [2.05, 4.69) is 129 Å². The maximum atomic E-state index is 12.9. The first-order chi connectivity index (χ1) is 33.0. The van der Waals surface area contributed by atoms with Gasteiger partial charge in [-0.1, -0.05) is 226 Å². The van der Waals surface area contributed by atoms with E-state index in [9.17, 15) is 19.4 Å². The van der Waals surface area contributed by atoms with Crippen molar-refractivity contribution in [3.8, 4) is 0 Å². The van der Waals surface area contributed by atoms with Crippen LogP contribution < -0.4 is 5.32 Å². The van der Waals surface area contributed by atoms with Crippen molar-refractivity contribution in [3.05, 3.63) is 109 Å². The first-order valence-electron chi connectivity index (χ1n) is 27.3. The predicted octanol–water partition coefficient (Wildman–Crippen LogP) is 16.4. The third kappa shape index (κ3) is 51.0. The molecule has 9 heteroatoms. The maximum absolute atomic E-state index is 12.9. The highest BCUT2D eigenvalue weighted by Crippen LogP contribution is 2.43. The van der Waals surface area contributed by atoms with Gasteiger partial charge in [-0.2, -0.15) is 0 Å². The quantitative estimate of drug-likeness (QED) is 0.0243. The third-order valence-corrected chi connectivity index (χ3v) is 12.5. The van der Waals surface area contributed by atoms with E-state index in [4.69, 9.17) is 9.05 Å². The summed E-state index contributed by atoms with van der Waals surface area (Å²) < 4.78 is 23.6. The topological polar surface area (TPSA) is 105 Å². The third-order valence-electron chi connectivity index (χ3n) is 11.5. The largest absolute Gasteiger partial charge is 0.472 e. The second-order valence-corrected chi connectivity index (χ2v) is 20.7. The Kier molecular flexibility index (Phi) is 47.1. The van der Waals surface area contributed by atoms with Gasteiger partial charge in [0, 0.05) is 6.42 Å². The zero-order valence-corrected chi connectivity index (χ0v) is 45.2. The number of nitrogens with one attached hydrogen (secondary N) is 1. The molecule has 0 aromatic rings. The molecule has 0 aliphatic heterocycles. The number of hydrogen-bond acceptors (Lipinski definition) is 5. The number of unbranched alkanes of at least 4 members (excludes halogenated alkanes) is 17. The molecule has 0 rings (SSSR count). The lowest BCUT2D eigenvalue weighted by molar-refractivity contribution is -0.870. The number of quaternary nitrogens is 1. The molecule has 0 spiro atoms. The predicted molar refractivity (Wildman–Crippen MR) is 295 cm³/mol. The summed E-state index contributed by atoms with van der Waals surface area (Å²) in [6, 6.07) is -0.769. The Labute approximate surface area is 419 Å². The number of nitrogens with zero attached hydrogens (tertiary/aromatic N) is 1. The second kappa shape index (κ2) is 49.2. The van der Waals surface area contributed by atoms with Gasteiger partial charge in [-0.05, 0) is 83.5 Å². The number of carbonyl (C=O) groups is 1. The van der Waals surface area contributed by atoms with Gasteiger partial charge in [0.25, 0.3) is 0 Å². The molecule has 390 valence electrons. The van der Waals surface area contributed by atoms with Crippen LogP contribution in [0.5, 0.6) is 0 Å². The molecule has 0 aliphatic carbocycles. The summed E-state index contributed by atoms with van der Waals surface area (Å²) in [4.78, 5) is 23.2. The molecule has 3 N–H and O–H groups in total. The van der Waals surface area contributed by atoms with Crippen LogP contribution in [0.25, 0.3) is 0 Å². The number of hydrogen-bond donors (Lipinski definition) is 3.